The fourth-order valence-electron chi connectivity index (χ4n) is 0.980. The molecule has 5 nitrogen and oxygen atoms in total. The third kappa shape index (κ3) is 7.48. The first kappa shape index (κ1) is 17.6. The molecule has 16 heavy (non-hydrogen) atoms. The lowest BCUT2D eigenvalue weighted by molar-refractivity contribution is -0.128. The van der Waals surface area contributed by atoms with Gasteiger partial charge >= 0.3 is 0 Å². The quantitative estimate of drug-likeness (QED) is 0.630. The predicted molar refractivity (Wildman–Crippen MR) is 66.4 cm³/mol. The van der Waals surface area contributed by atoms with Crippen molar-refractivity contribution in [1.29, 1.82) is 0 Å². The summed E-state index contributed by atoms with van der Waals surface area (Å²) in [7, 11) is 0. The standard InChI is InChI=1S/C10H21N3O2.ClH/c1-4-7(2)12-10(15)8(3)13-9(14)5-6-11;/h7-8H,4-6,11H2,1-3H3,(H,12,15)(H,13,14);1H. The highest BCUT2D eigenvalue weighted by molar-refractivity contribution is 5.87. The zero-order chi connectivity index (χ0) is 11.8. The summed E-state index contributed by atoms with van der Waals surface area (Å²) in [4.78, 5) is 22.6. The van der Waals surface area contributed by atoms with Crippen LogP contribution in [0.25, 0.3) is 0 Å². The van der Waals surface area contributed by atoms with Gasteiger partial charge in [-0.25, -0.2) is 0 Å². The van der Waals surface area contributed by atoms with Crippen molar-refractivity contribution in [1.82, 2.24) is 10.6 Å². The van der Waals surface area contributed by atoms with Gasteiger partial charge in [-0.1, -0.05) is 6.92 Å². The number of carbonyl (C=O) groups excluding carboxylic acids is 2. The third-order valence-electron chi connectivity index (χ3n) is 2.14. The fraction of sp³-hybridized carbons (Fsp3) is 0.800. The molecule has 0 heterocycles. The maximum absolute atomic E-state index is 11.5. The van der Waals surface area contributed by atoms with Crippen LogP contribution < -0.4 is 16.4 Å². The molecule has 0 aromatic heterocycles. The van der Waals surface area contributed by atoms with E-state index < -0.39 is 6.04 Å². The molecule has 0 radical (unpaired) electrons. The van der Waals surface area contributed by atoms with Crippen LogP contribution in [0, 0.1) is 0 Å². The van der Waals surface area contributed by atoms with E-state index in [0.29, 0.717) is 6.54 Å². The fourth-order valence-corrected chi connectivity index (χ4v) is 0.980. The predicted octanol–water partition coefficient (Wildman–Crippen LogP) is 0.176. The van der Waals surface area contributed by atoms with Gasteiger partial charge in [0.15, 0.2) is 0 Å². The van der Waals surface area contributed by atoms with Crippen LogP contribution >= 0.6 is 12.4 Å². The summed E-state index contributed by atoms with van der Waals surface area (Å²) in [5.41, 5.74) is 5.22. The van der Waals surface area contributed by atoms with Crippen molar-refractivity contribution in [2.45, 2.75) is 45.7 Å². The van der Waals surface area contributed by atoms with Crippen molar-refractivity contribution in [2.75, 3.05) is 6.54 Å². The lowest BCUT2D eigenvalue weighted by atomic mass is 10.2. The van der Waals surface area contributed by atoms with Gasteiger partial charge < -0.3 is 16.4 Å². The summed E-state index contributed by atoms with van der Waals surface area (Å²) in [6.07, 6.45) is 1.12. The summed E-state index contributed by atoms with van der Waals surface area (Å²) in [6.45, 7) is 5.87. The largest absolute Gasteiger partial charge is 0.352 e. The Morgan fingerprint density at radius 1 is 1.25 bits per heavy atom. The molecular formula is C10H22ClN3O2. The molecular weight excluding hydrogens is 230 g/mol. The SMILES string of the molecule is CCC(C)NC(=O)C(C)NC(=O)CCN.Cl. The minimum Gasteiger partial charge on any atom is -0.352 e. The summed E-state index contributed by atoms with van der Waals surface area (Å²) in [5.74, 6) is -0.348. The van der Waals surface area contributed by atoms with Crippen molar-refractivity contribution in [3.05, 3.63) is 0 Å². The van der Waals surface area contributed by atoms with E-state index in [9.17, 15) is 9.59 Å². The summed E-state index contributed by atoms with van der Waals surface area (Å²) < 4.78 is 0. The van der Waals surface area contributed by atoms with E-state index in [4.69, 9.17) is 5.73 Å². The first-order valence-corrected chi connectivity index (χ1v) is 5.31. The highest BCUT2D eigenvalue weighted by Crippen LogP contribution is 1.91. The summed E-state index contributed by atoms with van der Waals surface area (Å²) >= 11 is 0. The van der Waals surface area contributed by atoms with E-state index in [2.05, 4.69) is 10.6 Å². The van der Waals surface area contributed by atoms with E-state index in [1.165, 1.54) is 0 Å². The average molecular weight is 252 g/mol. The van der Waals surface area contributed by atoms with Crippen LogP contribution in [-0.4, -0.2) is 30.4 Å². The van der Waals surface area contributed by atoms with E-state index >= 15 is 0 Å². The number of rotatable bonds is 6. The lowest BCUT2D eigenvalue weighted by Crippen LogP contribution is -2.47. The van der Waals surface area contributed by atoms with Crippen LogP contribution in [0.4, 0.5) is 0 Å². The first-order valence-electron chi connectivity index (χ1n) is 5.31. The molecule has 6 heteroatoms. The maximum Gasteiger partial charge on any atom is 0.242 e. The van der Waals surface area contributed by atoms with Gasteiger partial charge in [0.05, 0.1) is 0 Å². The van der Waals surface area contributed by atoms with Crippen LogP contribution in [0.1, 0.15) is 33.6 Å². The number of nitrogens with one attached hydrogen (secondary N) is 2. The van der Waals surface area contributed by atoms with Gasteiger partial charge in [-0.05, 0) is 20.3 Å². The molecule has 2 amide bonds. The number of hydrogen-bond acceptors (Lipinski definition) is 3. The Labute approximate surface area is 103 Å². The highest BCUT2D eigenvalue weighted by Gasteiger charge is 2.15. The Kier molecular flexibility index (Phi) is 10.3. The minimum absolute atomic E-state index is 0. The monoisotopic (exact) mass is 251 g/mol. The molecule has 96 valence electrons. The molecule has 4 N–H and O–H groups in total. The second-order valence-electron chi connectivity index (χ2n) is 3.65. The van der Waals surface area contributed by atoms with Crippen LogP contribution in [0.3, 0.4) is 0 Å². The third-order valence-corrected chi connectivity index (χ3v) is 2.14. The number of halogens is 1. The maximum atomic E-state index is 11.5. The Morgan fingerprint density at radius 3 is 2.25 bits per heavy atom. The van der Waals surface area contributed by atoms with Gasteiger partial charge in [-0.3, -0.25) is 9.59 Å². The van der Waals surface area contributed by atoms with Crippen molar-refractivity contribution >= 4 is 24.2 Å². The molecule has 0 aliphatic rings. The normalized spacial score (nSPS) is 13.2. The van der Waals surface area contributed by atoms with Crippen LogP contribution in [0.5, 0.6) is 0 Å². The molecule has 0 bridgehead atoms. The zero-order valence-electron chi connectivity index (χ0n) is 10.1. The second kappa shape index (κ2) is 9.42. The smallest absolute Gasteiger partial charge is 0.242 e. The molecule has 0 aliphatic carbocycles. The van der Waals surface area contributed by atoms with E-state index in [1.54, 1.807) is 6.92 Å². The molecule has 2 unspecified atom stereocenters. The molecule has 2 atom stereocenters. The van der Waals surface area contributed by atoms with Gasteiger partial charge in [0, 0.05) is 19.0 Å². The Balaban J connectivity index is 0. The highest BCUT2D eigenvalue weighted by atomic mass is 35.5. The molecule has 0 aromatic carbocycles. The Hall–Kier alpha value is -0.810. The Bertz CT molecular complexity index is 224. The molecule has 0 spiro atoms. The van der Waals surface area contributed by atoms with Crippen molar-refractivity contribution in [3.63, 3.8) is 0 Å². The number of amides is 2. The number of hydrogen-bond donors (Lipinski definition) is 3. The van der Waals surface area contributed by atoms with Crippen molar-refractivity contribution in [2.24, 2.45) is 5.73 Å². The van der Waals surface area contributed by atoms with Gasteiger partial charge in [-0.2, -0.15) is 0 Å². The van der Waals surface area contributed by atoms with Crippen LogP contribution in [0.2, 0.25) is 0 Å². The lowest BCUT2D eigenvalue weighted by Gasteiger charge is -2.17. The molecule has 0 saturated heterocycles. The number of carbonyl (C=O) groups is 2. The number of nitrogens with two attached hydrogens (primary N) is 1. The molecule has 0 aromatic rings. The molecule has 0 rings (SSSR count). The van der Waals surface area contributed by atoms with Crippen molar-refractivity contribution in [3.8, 4) is 0 Å². The van der Waals surface area contributed by atoms with Crippen LogP contribution in [-0.2, 0) is 9.59 Å². The Morgan fingerprint density at radius 2 is 1.81 bits per heavy atom. The van der Waals surface area contributed by atoms with Gasteiger partial charge in [-0.15, -0.1) is 12.4 Å². The van der Waals surface area contributed by atoms with E-state index in [1.807, 2.05) is 13.8 Å². The van der Waals surface area contributed by atoms with Gasteiger partial charge in [0.25, 0.3) is 0 Å². The molecule has 0 aliphatic heterocycles. The minimum atomic E-state index is -0.502. The average Bonchev–Trinajstić information content (AvgIpc) is 2.17. The van der Waals surface area contributed by atoms with E-state index in [0.717, 1.165) is 6.42 Å². The zero-order valence-corrected chi connectivity index (χ0v) is 10.9. The topological polar surface area (TPSA) is 84.2 Å². The molecule has 0 saturated carbocycles. The summed E-state index contributed by atoms with van der Waals surface area (Å²) in [6, 6.07) is -0.371. The van der Waals surface area contributed by atoms with Crippen molar-refractivity contribution < 1.29 is 9.59 Å². The summed E-state index contributed by atoms with van der Waals surface area (Å²) in [5, 5.41) is 5.37. The molecule has 0 fully saturated rings. The first-order chi connectivity index (χ1) is 7.01. The van der Waals surface area contributed by atoms with Gasteiger partial charge in [0.2, 0.25) is 11.8 Å². The second-order valence-corrected chi connectivity index (χ2v) is 3.65. The van der Waals surface area contributed by atoms with Crippen LogP contribution in [0.15, 0.2) is 0 Å². The van der Waals surface area contributed by atoms with Gasteiger partial charge in [0.1, 0.15) is 6.04 Å². The van der Waals surface area contributed by atoms with E-state index in [-0.39, 0.29) is 36.7 Å².